The van der Waals surface area contributed by atoms with E-state index in [0.29, 0.717) is 10.6 Å². The van der Waals surface area contributed by atoms with E-state index in [4.69, 9.17) is 21.8 Å². The van der Waals surface area contributed by atoms with Gasteiger partial charge < -0.3 is 20.6 Å². The summed E-state index contributed by atoms with van der Waals surface area (Å²) in [4.78, 5) is 46.3. The Morgan fingerprint density at radius 1 is 1.17 bits per heavy atom. The lowest BCUT2D eigenvalue weighted by atomic mass is 10.0. The lowest BCUT2D eigenvalue weighted by Crippen LogP contribution is -2.38. The number of amides is 1. The molecule has 30 heavy (non-hydrogen) atoms. The van der Waals surface area contributed by atoms with Crippen molar-refractivity contribution in [2.45, 2.75) is 32.4 Å². The van der Waals surface area contributed by atoms with E-state index in [0.717, 1.165) is 10.7 Å². The number of benzene rings is 1. The zero-order valence-corrected chi connectivity index (χ0v) is 16.7. The standard InChI is InChI=1S/C19H20ClN3O7/c1-10(18(27)28)9-23-15(19(29)30)8-14(22-23)17(26)21-12(7-16(24)25)6-11-4-2-3-5-13(11)20/h2-5,8,10,12H,6-7,9H2,1H3,(H,21,26)(H,24,25)(H,27,28)(H,29,30)/t10?,12-/m1/s1. The molecule has 1 unspecified atom stereocenters. The highest BCUT2D eigenvalue weighted by molar-refractivity contribution is 6.31. The molecule has 0 aliphatic rings. The smallest absolute Gasteiger partial charge is 0.354 e. The molecule has 0 spiro atoms. The number of carbonyl (C=O) groups is 4. The largest absolute Gasteiger partial charge is 0.481 e. The zero-order chi connectivity index (χ0) is 22.4. The molecule has 0 saturated heterocycles. The van der Waals surface area contributed by atoms with Gasteiger partial charge in [-0.3, -0.25) is 19.1 Å². The van der Waals surface area contributed by atoms with E-state index in [9.17, 15) is 24.3 Å². The highest BCUT2D eigenvalue weighted by atomic mass is 35.5. The molecule has 1 aromatic carbocycles. The molecule has 2 aromatic rings. The summed E-state index contributed by atoms with van der Waals surface area (Å²) in [6, 6.07) is 6.97. The summed E-state index contributed by atoms with van der Waals surface area (Å²) < 4.78 is 0.927. The van der Waals surface area contributed by atoms with Crippen LogP contribution in [-0.4, -0.2) is 55.0 Å². The lowest BCUT2D eigenvalue weighted by molar-refractivity contribution is -0.141. The molecule has 0 fully saturated rings. The molecular formula is C19H20ClN3O7. The molecule has 0 bridgehead atoms. The highest BCUT2D eigenvalue weighted by Crippen LogP contribution is 2.18. The van der Waals surface area contributed by atoms with Gasteiger partial charge in [0.15, 0.2) is 5.69 Å². The molecule has 1 amide bonds. The van der Waals surface area contributed by atoms with Gasteiger partial charge in [-0.25, -0.2) is 4.79 Å². The molecular weight excluding hydrogens is 418 g/mol. The summed E-state index contributed by atoms with van der Waals surface area (Å²) in [6.45, 7) is 1.13. The van der Waals surface area contributed by atoms with Gasteiger partial charge >= 0.3 is 17.9 Å². The van der Waals surface area contributed by atoms with Crippen LogP contribution in [0.25, 0.3) is 0 Å². The van der Waals surface area contributed by atoms with E-state index in [2.05, 4.69) is 10.4 Å². The molecule has 160 valence electrons. The van der Waals surface area contributed by atoms with Crippen LogP contribution in [-0.2, 0) is 22.6 Å². The Balaban J connectivity index is 2.24. The van der Waals surface area contributed by atoms with Crippen molar-refractivity contribution < 1.29 is 34.5 Å². The predicted molar refractivity (Wildman–Crippen MR) is 105 cm³/mol. The van der Waals surface area contributed by atoms with Crippen LogP contribution in [0.4, 0.5) is 0 Å². The van der Waals surface area contributed by atoms with E-state index in [1.54, 1.807) is 24.3 Å². The summed E-state index contributed by atoms with van der Waals surface area (Å²) in [5, 5.41) is 34.3. The Morgan fingerprint density at radius 3 is 2.40 bits per heavy atom. The van der Waals surface area contributed by atoms with Crippen molar-refractivity contribution in [3.63, 3.8) is 0 Å². The second kappa shape index (κ2) is 9.88. The molecule has 0 radical (unpaired) electrons. The fourth-order valence-corrected chi connectivity index (χ4v) is 2.96. The van der Waals surface area contributed by atoms with Gasteiger partial charge in [-0.2, -0.15) is 5.10 Å². The Labute approximate surface area is 176 Å². The normalized spacial score (nSPS) is 12.7. The van der Waals surface area contributed by atoms with Gasteiger partial charge in [0, 0.05) is 17.1 Å². The molecule has 2 atom stereocenters. The second-order valence-corrected chi connectivity index (χ2v) is 7.11. The van der Waals surface area contributed by atoms with E-state index in [1.807, 2.05) is 0 Å². The van der Waals surface area contributed by atoms with Gasteiger partial charge in [0.2, 0.25) is 0 Å². The monoisotopic (exact) mass is 437 g/mol. The first kappa shape index (κ1) is 22.9. The Bertz CT molecular complexity index is 973. The fraction of sp³-hybridized carbons (Fsp3) is 0.316. The number of rotatable bonds is 10. The number of halogens is 1. The van der Waals surface area contributed by atoms with Crippen molar-refractivity contribution in [2.24, 2.45) is 5.92 Å². The third-order valence-corrected chi connectivity index (χ3v) is 4.65. The number of aromatic carboxylic acids is 1. The first-order valence-corrected chi connectivity index (χ1v) is 9.26. The van der Waals surface area contributed by atoms with Gasteiger partial charge in [0.05, 0.1) is 18.9 Å². The quantitative estimate of drug-likeness (QED) is 0.437. The molecule has 1 aromatic heterocycles. The van der Waals surface area contributed by atoms with Gasteiger partial charge in [0.25, 0.3) is 5.91 Å². The maximum atomic E-state index is 12.6. The van der Waals surface area contributed by atoms with Crippen molar-refractivity contribution in [3.8, 4) is 0 Å². The molecule has 2 rings (SSSR count). The zero-order valence-electron chi connectivity index (χ0n) is 15.9. The molecule has 0 aliphatic heterocycles. The van der Waals surface area contributed by atoms with E-state index < -0.39 is 35.8 Å². The van der Waals surface area contributed by atoms with Crippen LogP contribution in [0.3, 0.4) is 0 Å². The van der Waals surface area contributed by atoms with Crippen LogP contribution < -0.4 is 5.32 Å². The SMILES string of the molecule is CC(Cn1nc(C(=O)N[C@@H](CC(=O)O)Cc2ccccc2Cl)cc1C(=O)O)C(=O)O. The minimum absolute atomic E-state index is 0.139. The van der Waals surface area contributed by atoms with Gasteiger partial charge in [-0.05, 0) is 18.1 Å². The van der Waals surface area contributed by atoms with Gasteiger partial charge in [-0.1, -0.05) is 36.7 Å². The van der Waals surface area contributed by atoms with Crippen LogP contribution in [0, 0.1) is 5.92 Å². The third kappa shape index (κ3) is 6.05. The van der Waals surface area contributed by atoms with Gasteiger partial charge in [-0.15, -0.1) is 0 Å². The molecule has 10 nitrogen and oxygen atoms in total. The first-order valence-electron chi connectivity index (χ1n) is 8.88. The summed E-state index contributed by atoms with van der Waals surface area (Å²) in [7, 11) is 0. The molecule has 4 N–H and O–H groups in total. The Hall–Kier alpha value is -3.40. The van der Waals surface area contributed by atoms with E-state index in [1.165, 1.54) is 6.92 Å². The molecule has 0 saturated carbocycles. The molecule has 0 aliphatic carbocycles. The highest BCUT2D eigenvalue weighted by Gasteiger charge is 2.24. The van der Waals surface area contributed by atoms with E-state index in [-0.39, 0.29) is 30.8 Å². The van der Waals surface area contributed by atoms with Crippen molar-refractivity contribution in [1.82, 2.24) is 15.1 Å². The maximum Gasteiger partial charge on any atom is 0.354 e. The molecule has 1 heterocycles. The number of nitrogens with one attached hydrogen (secondary N) is 1. The average molecular weight is 438 g/mol. The third-order valence-electron chi connectivity index (χ3n) is 4.28. The lowest BCUT2D eigenvalue weighted by Gasteiger charge is -2.17. The minimum Gasteiger partial charge on any atom is -0.481 e. The number of aromatic nitrogens is 2. The van der Waals surface area contributed by atoms with E-state index >= 15 is 0 Å². The topological polar surface area (TPSA) is 159 Å². The van der Waals surface area contributed by atoms with Gasteiger partial charge in [0.1, 0.15) is 5.69 Å². The number of carboxylic acids is 3. The van der Waals surface area contributed by atoms with Crippen LogP contribution in [0.1, 0.15) is 39.9 Å². The maximum absolute atomic E-state index is 12.6. The van der Waals surface area contributed by atoms with Crippen LogP contribution in [0.5, 0.6) is 0 Å². The molecule has 11 heteroatoms. The average Bonchev–Trinajstić information content (AvgIpc) is 3.07. The summed E-state index contributed by atoms with van der Waals surface area (Å²) in [5.41, 5.74) is 0.0198. The van der Waals surface area contributed by atoms with Crippen LogP contribution in [0.2, 0.25) is 5.02 Å². The summed E-state index contributed by atoms with van der Waals surface area (Å²) >= 11 is 6.10. The van der Waals surface area contributed by atoms with Crippen molar-refractivity contribution in [1.29, 1.82) is 0 Å². The number of carbonyl (C=O) groups excluding carboxylic acids is 1. The van der Waals surface area contributed by atoms with Crippen molar-refractivity contribution >= 4 is 35.4 Å². The van der Waals surface area contributed by atoms with Crippen molar-refractivity contribution in [2.75, 3.05) is 0 Å². The van der Waals surface area contributed by atoms with Crippen LogP contribution >= 0.6 is 11.6 Å². The predicted octanol–water partition coefficient (Wildman–Crippen LogP) is 1.77. The number of hydrogen-bond acceptors (Lipinski definition) is 5. The number of nitrogens with zero attached hydrogens (tertiary/aromatic N) is 2. The fourth-order valence-electron chi connectivity index (χ4n) is 2.75. The second-order valence-electron chi connectivity index (χ2n) is 6.71. The summed E-state index contributed by atoms with van der Waals surface area (Å²) in [5.74, 6) is -5.37. The number of aliphatic carboxylic acids is 2. The number of carboxylic acid groups (broad SMARTS) is 3. The Morgan fingerprint density at radius 2 is 1.83 bits per heavy atom. The minimum atomic E-state index is -1.38. The Kier molecular flexibility index (Phi) is 7.54. The summed E-state index contributed by atoms with van der Waals surface area (Å²) in [6.07, 6.45) is -0.250. The van der Waals surface area contributed by atoms with Crippen LogP contribution in [0.15, 0.2) is 30.3 Å². The number of hydrogen-bond donors (Lipinski definition) is 4. The van der Waals surface area contributed by atoms with Crippen molar-refractivity contribution in [3.05, 3.63) is 52.3 Å². The first-order chi connectivity index (χ1) is 14.1.